The second-order valence-electron chi connectivity index (χ2n) is 7.23. The number of guanidine groups is 1. The van der Waals surface area contributed by atoms with E-state index in [1.807, 2.05) is 18.2 Å². The number of nitrogens with zero attached hydrogens (tertiary/aromatic N) is 2. The molecule has 1 aliphatic rings. The molecule has 0 atom stereocenters. The molecule has 1 aliphatic heterocycles. The van der Waals surface area contributed by atoms with E-state index in [4.69, 9.17) is 9.73 Å². The van der Waals surface area contributed by atoms with E-state index in [0.29, 0.717) is 6.54 Å². The van der Waals surface area contributed by atoms with Crippen LogP contribution >= 0.6 is 24.0 Å². The first-order valence-electron chi connectivity index (χ1n) is 10.3. The van der Waals surface area contributed by atoms with Crippen LogP contribution in [0.25, 0.3) is 0 Å². The summed E-state index contributed by atoms with van der Waals surface area (Å²) in [6.45, 7) is 8.69. The minimum atomic E-state index is 0. The molecule has 3 rings (SSSR count). The number of aryl methyl sites for hydroxylation is 1. The Balaban J connectivity index is 0.00000300. The van der Waals surface area contributed by atoms with E-state index in [9.17, 15) is 0 Å². The van der Waals surface area contributed by atoms with E-state index < -0.39 is 0 Å². The average molecular weight is 508 g/mol. The van der Waals surface area contributed by atoms with Crippen molar-refractivity contribution in [2.45, 2.75) is 26.3 Å². The van der Waals surface area contributed by atoms with E-state index in [2.05, 4.69) is 58.9 Å². The smallest absolute Gasteiger partial charge is 0.196 e. The predicted octanol–water partition coefficient (Wildman–Crippen LogP) is 4.28. The average Bonchev–Trinajstić information content (AvgIpc) is 2.74. The van der Waals surface area contributed by atoms with Crippen LogP contribution < -0.4 is 10.6 Å². The molecule has 29 heavy (non-hydrogen) atoms. The molecule has 0 radical (unpaired) electrons. The first-order valence-corrected chi connectivity index (χ1v) is 10.3. The highest BCUT2D eigenvalue weighted by Gasteiger charge is 2.09. The zero-order chi connectivity index (χ0) is 19.4. The number of nitrogens with one attached hydrogen (secondary N) is 2. The summed E-state index contributed by atoms with van der Waals surface area (Å²) in [6.07, 6.45) is 2.31. The van der Waals surface area contributed by atoms with Gasteiger partial charge in [0.15, 0.2) is 5.96 Å². The molecule has 1 heterocycles. The van der Waals surface area contributed by atoms with Crippen LogP contribution in [-0.2, 0) is 11.3 Å². The molecule has 0 amide bonds. The number of hydrogen-bond donors (Lipinski definition) is 2. The molecular formula is C23H33IN4O. The van der Waals surface area contributed by atoms with Crippen LogP contribution in [0.5, 0.6) is 0 Å². The van der Waals surface area contributed by atoms with Gasteiger partial charge in [0.25, 0.3) is 0 Å². The molecule has 5 nitrogen and oxygen atoms in total. The lowest BCUT2D eigenvalue weighted by atomic mass is 10.1. The van der Waals surface area contributed by atoms with Crippen molar-refractivity contribution in [3.8, 4) is 0 Å². The maximum Gasteiger partial charge on any atom is 0.196 e. The van der Waals surface area contributed by atoms with Gasteiger partial charge in [-0.05, 0) is 44.0 Å². The van der Waals surface area contributed by atoms with Crippen LogP contribution in [0.3, 0.4) is 0 Å². The lowest BCUT2D eigenvalue weighted by Gasteiger charge is -2.26. The van der Waals surface area contributed by atoms with Crippen molar-refractivity contribution >= 4 is 35.6 Å². The third-order valence-electron chi connectivity index (χ3n) is 4.87. The molecule has 6 heteroatoms. The quantitative estimate of drug-likeness (QED) is 0.242. The largest absolute Gasteiger partial charge is 0.379 e. The third-order valence-corrected chi connectivity index (χ3v) is 4.87. The monoisotopic (exact) mass is 508 g/mol. The third kappa shape index (κ3) is 9.14. The van der Waals surface area contributed by atoms with Crippen LogP contribution in [0.1, 0.15) is 24.0 Å². The van der Waals surface area contributed by atoms with E-state index in [0.717, 1.165) is 57.5 Å². The highest BCUT2D eigenvalue weighted by Crippen LogP contribution is 2.07. The van der Waals surface area contributed by atoms with E-state index in [1.54, 1.807) is 0 Å². The van der Waals surface area contributed by atoms with Gasteiger partial charge in [0, 0.05) is 25.3 Å². The minimum Gasteiger partial charge on any atom is -0.379 e. The summed E-state index contributed by atoms with van der Waals surface area (Å²) < 4.78 is 5.41. The maximum absolute atomic E-state index is 5.41. The Labute approximate surface area is 192 Å². The highest BCUT2D eigenvalue weighted by atomic mass is 127. The Morgan fingerprint density at radius 1 is 1.00 bits per heavy atom. The fraction of sp³-hybridized carbons (Fsp3) is 0.435. The maximum atomic E-state index is 5.41. The van der Waals surface area contributed by atoms with Crippen molar-refractivity contribution in [2.24, 2.45) is 4.99 Å². The molecular weight excluding hydrogens is 475 g/mol. The van der Waals surface area contributed by atoms with Crippen LogP contribution in [-0.4, -0.2) is 50.3 Å². The number of anilines is 1. The Kier molecular flexibility index (Phi) is 11.1. The number of ether oxygens (including phenoxy) is 1. The molecule has 158 valence electrons. The van der Waals surface area contributed by atoms with Crippen LogP contribution in [0.4, 0.5) is 5.69 Å². The molecule has 0 bridgehead atoms. The summed E-state index contributed by atoms with van der Waals surface area (Å²) >= 11 is 0. The summed E-state index contributed by atoms with van der Waals surface area (Å²) in [6, 6.07) is 18.7. The molecule has 1 fully saturated rings. The Morgan fingerprint density at radius 3 is 2.45 bits per heavy atom. The fourth-order valence-corrected chi connectivity index (χ4v) is 3.15. The zero-order valence-electron chi connectivity index (χ0n) is 17.3. The molecule has 0 spiro atoms. The summed E-state index contributed by atoms with van der Waals surface area (Å²) in [4.78, 5) is 7.26. The number of unbranched alkanes of at least 4 members (excludes halogenated alkanes) is 1. The number of aliphatic imine (C=N–C) groups is 1. The van der Waals surface area contributed by atoms with Gasteiger partial charge in [0.05, 0.1) is 19.8 Å². The second kappa shape index (κ2) is 13.6. The molecule has 0 unspecified atom stereocenters. The van der Waals surface area contributed by atoms with Crippen molar-refractivity contribution in [3.05, 3.63) is 65.7 Å². The molecule has 2 aromatic rings. The Bertz CT molecular complexity index is 715. The molecule has 2 aromatic carbocycles. The topological polar surface area (TPSA) is 48.9 Å². The predicted molar refractivity (Wildman–Crippen MR) is 132 cm³/mol. The summed E-state index contributed by atoms with van der Waals surface area (Å²) in [5, 5.41) is 6.90. The van der Waals surface area contributed by atoms with Gasteiger partial charge in [-0.3, -0.25) is 4.90 Å². The van der Waals surface area contributed by atoms with Crippen molar-refractivity contribution in [1.82, 2.24) is 10.2 Å². The molecule has 0 aliphatic carbocycles. The van der Waals surface area contributed by atoms with Gasteiger partial charge >= 0.3 is 0 Å². The van der Waals surface area contributed by atoms with Gasteiger partial charge in [0.2, 0.25) is 0 Å². The lowest BCUT2D eigenvalue weighted by Crippen LogP contribution is -2.37. The van der Waals surface area contributed by atoms with Gasteiger partial charge in [-0.2, -0.15) is 0 Å². The molecule has 2 N–H and O–H groups in total. The highest BCUT2D eigenvalue weighted by molar-refractivity contribution is 14.0. The normalized spacial score (nSPS) is 14.9. The summed E-state index contributed by atoms with van der Waals surface area (Å²) in [5.74, 6) is 0.832. The molecule has 0 aromatic heterocycles. The number of para-hydroxylation sites is 1. The summed E-state index contributed by atoms with van der Waals surface area (Å²) in [7, 11) is 0. The van der Waals surface area contributed by atoms with Crippen molar-refractivity contribution in [2.75, 3.05) is 44.7 Å². The lowest BCUT2D eigenvalue weighted by molar-refractivity contribution is 0.0372. The molecule has 0 saturated carbocycles. The van der Waals surface area contributed by atoms with Gasteiger partial charge in [-0.25, -0.2) is 4.99 Å². The van der Waals surface area contributed by atoms with Crippen molar-refractivity contribution in [1.29, 1.82) is 0 Å². The summed E-state index contributed by atoms with van der Waals surface area (Å²) in [5.41, 5.74) is 3.53. The SMILES string of the molecule is Cc1ccc(CN=C(NCCCCN2CCOCC2)Nc2ccccc2)cc1.I. The number of hydrogen-bond acceptors (Lipinski definition) is 3. The fourth-order valence-electron chi connectivity index (χ4n) is 3.15. The molecule has 1 saturated heterocycles. The Hall–Kier alpha value is -1.64. The van der Waals surface area contributed by atoms with Gasteiger partial charge < -0.3 is 15.4 Å². The zero-order valence-corrected chi connectivity index (χ0v) is 19.6. The number of benzene rings is 2. The van der Waals surface area contributed by atoms with Crippen LogP contribution in [0.2, 0.25) is 0 Å². The first kappa shape index (κ1) is 23.6. The van der Waals surface area contributed by atoms with E-state index in [-0.39, 0.29) is 24.0 Å². The number of rotatable bonds is 8. The van der Waals surface area contributed by atoms with Crippen LogP contribution in [0.15, 0.2) is 59.6 Å². The Morgan fingerprint density at radius 2 is 1.72 bits per heavy atom. The standard InChI is InChI=1S/C23H32N4O.HI/c1-20-9-11-21(12-10-20)19-25-23(26-22-7-3-2-4-8-22)24-13-5-6-14-27-15-17-28-18-16-27;/h2-4,7-12H,5-6,13-19H2,1H3,(H2,24,25,26);1H. The minimum absolute atomic E-state index is 0. The van der Waals surface area contributed by atoms with Gasteiger partial charge in [0.1, 0.15) is 0 Å². The second-order valence-corrected chi connectivity index (χ2v) is 7.23. The van der Waals surface area contributed by atoms with Crippen LogP contribution in [0, 0.1) is 6.92 Å². The van der Waals surface area contributed by atoms with Crippen molar-refractivity contribution in [3.63, 3.8) is 0 Å². The number of morpholine rings is 1. The van der Waals surface area contributed by atoms with Crippen molar-refractivity contribution < 1.29 is 4.74 Å². The number of halogens is 1. The van der Waals surface area contributed by atoms with Gasteiger partial charge in [-0.1, -0.05) is 48.0 Å². The first-order chi connectivity index (χ1) is 13.8. The van der Waals surface area contributed by atoms with Gasteiger partial charge in [-0.15, -0.1) is 24.0 Å². The van der Waals surface area contributed by atoms with E-state index >= 15 is 0 Å². The van der Waals surface area contributed by atoms with E-state index in [1.165, 1.54) is 17.5 Å².